The molecule has 8 heteroatoms. The van der Waals surface area contributed by atoms with Gasteiger partial charge in [-0.3, -0.25) is 0 Å². The first-order chi connectivity index (χ1) is 9.26. The Morgan fingerprint density at radius 1 is 1.25 bits per heavy atom. The van der Waals surface area contributed by atoms with Gasteiger partial charge < -0.3 is 10.7 Å². The molecule has 0 aliphatic carbocycles. The monoisotopic (exact) mass is 291 g/mol. The first kappa shape index (κ1) is 16.5. The maximum Gasteiger partial charge on any atom is 0.451 e. The van der Waals surface area contributed by atoms with Gasteiger partial charge in [0.1, 0.15) is 11.6 Å². The zero-order chi connectivity index (χ0) is 15.3. The van der Waals surface area contributed by atoms with E-state index in [1.165, 1.54) is 6.07 Å². The lowest BCUT2D eigenvalue weighted by Gasteiger charge is -2.19. The topological polar surface area (TPSA) is 75.9 Å². The molecule has 0 aromatic carbocycles. The molecular formula is C12H20F3N5. The molecule has 20 heavy (non-hydrogen) atoms. The van der Waals surface area contributed by atoms with Crippen molar-refractivity contribution in [1.29, 1.82) is 0 Å². The molecule has 1 rings (SSSR count). The van der Waals surface area contributed by atoms with Crippen LogP contribution in [0, 0.1) is 5.92 Å². The van der Waals surface area contributed by atoms with Gasteiger partial charge in [0.2, 0.25) is 5.82 Å². The Bertz CT molecular complexity index is 436. The molecule has 0 fully saturated rings. The van der Waals surface area contributed by atoms with Crippen LogP contribution in [0.2, 0.25) is 0 Å². The van der Waals surface area contributed by atoms with E-state index < -0.39 is 12.0 Å². The second-order valence-corrected chi connectivity index (χ2v) is 4.90. The van der Waals surface area contributed by atoms with Gasteiger partial charge in [0.25, 0.3) is 0 Å². The van der Waals surface area contributed by atoms with Crippen molar-refractivity contribution in [3.8, 4) is 0 Å². The molecule has 2 unspecified atom stereocenters. The number of nitrogens with one attached hydrogen (secondary N) is 2. The number of nitrogen functional groups attached to an aromatic ring is 1. The van der Waals surface area contributed by atoms with Gasteiger partial charge in [0, 0.05) is 12.1 Å². The van der Waals surface area contributed by atoms with E-state index in [1.807, 2.05) is 6.92 Å². The van der Waals surface area contributed by atoms with E-state index in [2.05, 4.69) is 34.6 Å². The summed E-state index contributed by atoms with van der Waals surface area (Å²) in [4.78, 5) is 6.78. The summed E-state index contributed by atoms with van der Waals surface area (Å²) in [6, 6.07) is 1.36. The molecule has 0 saturated heterocycles. The predicted molar refractivity (Wildman–Crippen MR) is 72.0 cm³/mol. The summed E-state index contributed by atoms with van der Waals surface area (Å²) in [5.74, 6) is 4.42. The second-order valence-electron chi connectivity index (χ2n) is 4.90. The average molecular weight is 291 g/mol. The number of anilines is 2. The second kappa shape index (κ2) is 6.74. The number of aromatic nitrogens is 2. The third kappa shape index (κ3) is 4.84. The fourth-order valence-electron chi connectivity index (χ4n) is 1.80. The summed E-state index contributed by atoms with van der Waals surface area (Å²) in [5.41, 5.74) is 2.11. The zero-order valence-electron chi connectivity index (χ0n) is 11.8. The van der Waals surface area contributed by atoms with Crippen molar-refractivity contribution < 1.29 is 13.2 Å². The van der Waals surface area contributed by atoms with E-state index in [4.69, 9.17) is 5.84 Å². The lowest BCUT2D eigenvalue weighted by Crippen LogP contribution is -2.22. The minimum Gasteiger partial charge on any atom is -0.367 e. The molecule has 1 aromatic heterocycles. The van der Waals surface area contributed by atoms with Crippen LogP contribution < -0.4 is 16.6 Å². The molecule has 1 aromatic rings. The summed E-state index contributed by atoms with van der Waals surface area (Å²) in [6.07, 6.45) is -2.75. The fraction of sp³-hybridized carbons (Fsp3) is 0.667. The van der Waals surface area contributed by atoms with Crippen LogP contribution in [0.5, 0.6) is 0 Å². The maximum atomic E-state index is 12.7. The summed E-state index contributed by atoms with van der Waals surface area (Å²) in [5, 5.41) is 2.95. The highest BCUT2D eigenvalue weighted by atomic mass is 19.4. The van der Waals surface area contributed by atoms with Crippen molar-refractivity contribution in [2.75, 3.05) is 10.7 Å². The highest BCUT2D eigenvalue weighted by Crippen LogP contribution is 2.28. The van der Waals surface area contributed by atoms with Crippen LogP contribution in [0.1, 0.15) is 39.4 Å². The standard InChI is InChI=1S/C12H20F3N5/c1-4-7(2)5-8(3)17-9-6-10(20-16)19-11(18-9)12(13,14)15/h6-8H,4-5,16H2,1-3H3,(H2,17,18,19,20). The van der Waals surface area contributed by atoms with Gasteiger partial charge in [0.15, 0.2) is 0 Å². The van der Waals surface area contributed by atoms with Crippen molar-refractivity contribution in [1.82, 2.24) is 9.97 Å². The molecule has 0 radical (unpaired) electrons. The summed E-state index contributed by atoms with van der Waals surface area (Å²) in [6.45, 7) is 6.06. The van der Waals surface area contributed by atoms with E-state index >= 15 is 0 Å². The van der Waals surface area contributed by atoms with Gasteiger partial charge in [-0.05, 0) is 19.3 Å². The van der Waals surface area contributed by atoms with E-state index in [-0.39, 0.29) is 17.7 Å². The Morgan fingerprint density at radius 2 is 1.85 bits per heavy atom. The van der Waals surface area contributed by atoms with Gasteiger partial charge in [-0.2, -0.15) is 13.2 Å². The van der Waals surface area contributed by atoms with E-state index in [1.54, 1.807) is 0 Å². The summed E-state index contributed by atoms with van der Waals surface area (Å²) < 4.78 is 38.0. The van der Waals surface area contributed by atoms with E-state index in [9.17, 15) is 13.2 Å². The Balaban J connectivity index is 2.89. The molecule has 5 nitrogen and oxygen atoms in total. The van der Waals surface area contributed by atoms with Gasteiger partial charge in [0.05, 0.1) is 0 Å². The summed E-state index contributed by atoms with van der Waals surface area (Å²) >= 11 is 0. The molecule has 0 aliphatic heterocycles. The van der Waals surface area contributed by atoms with Crippen LogP contribution in [0.4, 0.5) is 24.8 Å². The third-order valence-electron chi connectivity index (χ3n) is 2.97. The smallest absolute Gasteiger partial charge is 0.367 e. The fourth-order valence-corrected chi connectivity index (χ4v) is 1.80. The molecule has 4 N–H and O–H groups in total. The van der Waals surface area contributed by atoms with Gasteiger partial charge >= 0.3 is 6.18 Å². The van der Waals surface area contributed by atoms with Gasteiger partial charge in [-0.25, -0.2) is 15.8 Å². The Labute approximate surface area is 116 Å². The number of rotatable bonds is 6. The number of hydrogen-bond donors (Lipinski definition) is 3. The first-order valence-electron chi connectivity index (χ1n) is 6.45. The van der Waals surface area contributed by atoms with Crippen molar-refractivity contribution in [3.63, 3.8) is 0 Å². The molecule has 0 spiro atoms. The molecule has 1 heterocycles. The normalized spacial score (nSPS) is 14.8. The molecule has 0 aliphatic rings. The average Bonchev–Trinajstić information content (AvgIpc) is 2.36. The van der Waals surface area contributed by atoms with Crippen LogP contribution >= 0.6 is 0 Å². The zero-order valence-corrected chi connectivity index (χ0v) is 11.8. The molecule has 0 amide bonds. The highest BCUT2D eigenvalue weighted by Gasteiger charge is 2.35. The lowest BCUT2D eigenvalue weighted by atomic mass is 10.0. The van der Waals surface area contributed by atoms with Crippen molar-refractivity contribution >= 4 is 11.6 Å². The van der Waals surface area contributed by atoms with E-state index in [0.29, 0.717) is 5.92 Å². The number of hydrogen-bond acceptors (Lipinski definition) is 5. The Morgan fingerprint density at radius 3 is 2.35 bits per heavy atom. The largest absolute Gasteiger partial charge is 0.451 e. The molecule has 114 valence electrons. The molecular weight excluding hydrogens is 271 g/mol. The Kier molecular flexibility index (Phi) is 5.55. The SMILES string of the molecule is CCC(C)CC(C)Nc1cc(NN)nc(C(F)(F)F)n1. The van der Waals surface area contributed by atoms with Crippen LogP contribution in [0.25, 0.3) is 0 Å². The third-order valence-corrected chi connectivity index (χ3v) is 2.97. The van der Waals surface area contributed by atoms with Crippen LogP contribution in [0.15, 0.2) is 6.07 Å². The first-order valence-corrected chi connectivity index (χ1v) is 6.45. The molecule has 0 saturated carbocycles. The van der Waals surface area contributed by atoms with Crippen LogP contribution in [0.3, 0.4) is 0 Å². The van der Waals surface area contributed by atoms with Crippen molar-refractivity contribution in [2.45, 2.75) is 45.8 Å². The van der Waals surface area contributed by atoms with Gasteiger partial charge in [-0.1, -0.05) is 20.3 Å². The number of nitrogens with zero attached hydrogens (tertiary/aromatic N) is 2. The highest BCUT2D eigenvalue weighted by molar-refractivity contribution is 5.47. The number of nitrogens with two attached hydrogens (primary N) is 1. The summed E-state index contributed by atoms with van der Waals surface area (Å²) in [7, 11) is 0. The van der Waals surface area contributed by atoms with Crippen LogP contribution in [-0.2, 0) is 6.18 Å². The predicted octanol–water partition coefficient (Wildman–Crippen LogP) is 3.02. The number of alkyl halides is 3. The Hall–Kier alpha value is -1.57. The van der Waals surface area contributed by atoms with Gasteiger partial charge in [-0.15, -0.1) is 0 Å². The maximum absolute atomic E-state index is 12.7. The molecule has 2 atom stereocenters. The van der Waals surface area contributed by atoms with E-state index in [0.717, 1.165) is 12.8 Å². The molecule has 0 bridgehead atoms. The van der Waals surface area contributed by atoms with Crippen LogP contribution in [-0.4, -0.2) is 16.0 Å². The van der Waals surface area contributed by atoms with Crippen molar-refractivity contribution in [3.05, 3.63) is 11.9 Å². The minimum absolute atomic E-state index is 0.00607. The number of halogens is 3. The number of hydrazine groups is 1. The van der Waals surface area contributed by atoms with Crippen molar-refractivity contribution in [2.24, 2.45) is 11.8 Å². The minimum atomic E-state index is -4.61. The lowest BCUT2D eigenvalue weighted by molar-refractivity contribution is -0.144. The quantitative estimate of drug-likeness (QED) is 0.555.